The third kappa shape index (κ3) is 5.90. The van der Waals surface area contributed by atoms with E-state index >= 15 is 0 Å². The maximum atomic E-state index is 13.4. The zero-order valence-corrected chi connectivity index (χ0v) is 19.4. The van der Waals surface area contributed by atoms with Gasteiger partial charge in [-0.05, 0) is 78.6 Å². The molecule has 3 unspecified atom stereocenters. The number of fused-ring (bicyclic) bond motifs is 3. The summed E-state index contributed by atoms with van der Waals surface area (Å²) in [7, 11) is 0. The lowest BCUT2D eigenvalue weighted by atomic mass is 9.65. The highest BCUT2D eigenvalue weighted by atomic mass is 32.1. The summed E-state index contributed by atoms with van der Waals surface area (Å²) in [6.45, 7) is 7.37. The fraction of sp³-hybridized carbons (Fsp3) is 0.462. The fourth-order valence-corrected chi connectivity index (χ4v) is 5.06. The highest BCUT2D eigenvalue weighted by Crippen LogP contribution is 2.53. The number of nitrogens with one attached hydrogen (secondary N) is 2. The van der Waals surface area contributed by atoms with Crippen molar-refractivity contribution in [2.45, 2.75) is 44.3 Å². The predicted molar refractivity (Wildman–Crippen MR) is 130 cm³/mol. The quantitative estimate of drug-likeness (QED) is 0.251. The van der Waals surface area contributed by atoms with E-state index in [0.29, 0.717) is 11.8 Å². The molecule has 4 rings (SSSR count). The molecular formula is C26H33F3N2S. The maximum Gasteiger partial charge on any atom is 0.416 e. The summed E-state index contributed by atoms with van der Waals surface area (Å²) >= 11 is 3.79. The Labute approximate surface area is 195 Å². The van der Waals surface area contributed by atoms with Crippen molar-refractivity contribution in [2.24, 2.45) is 11.8 Å². The van der Waals surface area contributed by atoms with Gasteiger partial charge in [0.25, 0.3) is 0 Å². The molecule has 2 N–H and O–H groups in total. The van der Waals surface area contributed by atoms with E-state index in [1.165, 1.54) is 17.7 Å². The number of halogens is 3. The zero-order valence-electron chi connectivity index (χ0n) is 18.5. The summed E-state index contributed by atoms with van der Waals surface area (Å²) in [5.74, 6) is 1.83. The van der Waals surface area contributed by atoms with Crippen LogP contribution in [0.1, 0.15) is 54.8 Å². The van der Waals surface area contributed by atoms with Gasteiger partial charge in [-0.2, -0.15) is 25.8 Å². The number of rotatable bonds is 5. The minimum Gasteiger partial charge on any atom is -0.378 e. The number of benzene rings is 2. The molecule has 1 fully saturated rings. The maximum absolute atomic E-state index is 13.4. The largest absolute Gasteiger partial charge is 0.416 e. The number of hydrogen-bond donors (Lipinski definition) is 3. The summed E-state index contributed by atoms with van der Waals surface area (Å²) < 4.78 is 40.1. The molecule has 6 heteroatoms. The van der Waals surface area contributed by atoms with Crippen LogP contribution in [0.5, 0.6) is 0 Å². The molecule has 0 radical (unpaired) electrons. The second-order valence-corrected chi connectivity index (χ2v) is 9.18. The van der Waals surface area contributed by atoms with Crippen LogP contribution in [0.2, 0.25) is 0 Å². The molecule has 1 heterocycles. The monoisotopic (exact) mass is 462 g/mol. The highest BCUT2D eigenvalue weighted by Gasteiger charge is 2.42. The van der Waals surface area contributed by atoms with Crippen molar-refractivity contribution in [1.29, 1.82) is 0 Å². The van der Waals surface area contributed by atoms with Crippen molar-refractivity contribution in [3.05, 3.63) is 77.9 Å². The Hall–Kier alpha value is -1.92. The van der Waals surface area contributed by atoms with Gasteiger partial charge in [0.15, 0.2) is 0 Å². The lowest BCUT2D eigenvalue weighted by Gasteiger charge is -2.46. The lowest BCUT2D eigenvalue weighted by molar-refractivity contribution is -0.137. The first kappa shape index (κ1) is 24.7. The van der Waals surface area contributed by atoms with E-state index in [0.717, 1.165) is 49.4 Å². The van der Waals surface area contributed by atoms with Crippen LogP contribution < -0.4 is 10.6 Å². The van der Waals surface area contributed by atoms with E-state index in [2.05, 4.69) is 42.0 Å². The molecule has 1 saturated carbocycles. The van der Waals surface area contributed by atoms with Crippen molar-refractivity contribution in [3.63, 3.8) is 0 Å². The van der Waals surface area contributed by atoms with Crippen molar-refractivity contribution in [1.82, 2.24) is 5.32 Å². The Balaban J connectivity index is 0.000000913. The minimum atomic E-state index is -4.32. The van der Waals surface area contributed by atoms with Crippen LogP contribution in [0.15, 0.2) is 61.2 Å². The van der Waals surface area contributed by atoms with Crippen LogP contribution in [0, 0.1) is 11.8 Å². The molecule has 2 aromatic rings. The van der Waals surface area contributed by atoms with Gasteiger partial charge < -0.3 is 10.6 Å². The molecule has 0 spiro atoms. The van der Waals surface area contributed by atoms with E-state index < -0.39 is 11.7 Å². The van der Waals surface area contributed by atoms with Crippen LogP contribution in [0.3, 0.4) is 0 Å². The zero-order chi connectivity index (χ0) is 23.1. The van der Waals surface area contributed by atoms with Crippen LogP contribution >= 0.6 is 12.6 Å². The first-order chi connectivity index (χ1) is 15.4. The molecule has 0 bridgehead atoms. The summed E-state index contributed by atoms with van der Waals surface area (Å²) in [6.07, 6.45) is 0.527. The number of hydrogen-bond acceptors (Lipinski definition) is 3. The molecule has 32 heavy (non-hydrogen) atoms. The molecule has 0 amide bonds. The Bertz CT molecular complexity index is 869. The van der Waals surface area contributed by atoms with Gasteiger partial charge >= 0.3 is 6.18 Å². The van der Waals surface area contributed by atoms with E-state index in [1.54, 1.807) is 6.07 Å². The van der Waals surface area contributed by atoms with Gasteiger partial charge in [-0.25, -0.2) is 0 Å². The number of anilines is 1. The summed E-state index contributed by atoms with van der Waals surface area (Å²) in [4.78, 5) is 0. The summed E-state index contributed by atoms with van der Waals surface area (Å²) in [6, 6.07) is 14.6. The Morgan fingerprint density at radius 1 is 1.16 bits per heavy atom. The second-order valence-electron chi connectivity index (χ2n) is 8.55. The summed E-state index contributed by atoms with van der Waals surface area (Å²) in [5, 5.41) is 6.95. The van der Waals surface area contributed by atoms with E-state index in [1.807, 2.05) is 31.2 Å². The molecule has 2 aliphatic rings. The molecule has 2 nitrogen and oxygen atoms in total. The lowest BCUT2D eigenvalue weighted by Crippen LogP contribution is -2.38. The van der Waals surface area contributed by atoms with Crippen LogP contribution in [-0.2, 0) is 6.18 Å². The SMILES string of the molecule is C=CCNCC1CCC2C(C1)c1cc(C(F)(F)F)ccc1N[C@H]2c1ccccc1.CCS. The normalized spacial score (nSPS) is 24.3. The standard InChI is InChI=1S/C24H27F3N2.C2H6S/c1-2-12-28-15-16-8-10-19-20(13-16)21-14-18(24(25,26)27)9-11-22(21)29-23(19)17-6-4-3-5-7-17;1-2-3/h2-7,9,11,14,16,19-20,23,28-29H,1,8,10,12-13,15H2;3H,2H2,1H3/t16?,19?,20?,23-;/m0./s1. The second kappa shape index (κ2) is 11.3. The van der Waals surface area contributed by atoms with Gasteiger partial charge in [-0.15, -0.1) is 6.58 Å². The van der Waals surface area contributed by atoms with Crippen LogP contribution in [0.4, 0.5) is 18.9 Å². The highest BCUT2D eigenvalue weighted by molar-refractivity contribution is 7.80. The average Bonchev–Trinajstić information content (AvgIpc) is 2.79. The molecule has 0 saturated heterocycles. The van der Waals surface area contributed by atoms with Gasteiger partial charge in [-0.3, -0.25) is 0 Å². The van der Waals surface area contributed by atoms with Gasteiger partial charge in [0.2, 0.25) is 0 Å². The first-order valence-electron chi connectivity index (χ1n) is 11.3. The van der Waals surface area contributed by atoms with Crippen molar-refractivity contribution >= 4 is 18.3 Å². The Morgan fingerprint density at radius 3 is 2.53 bits per heavy atom. The molecule has 0 aromatic heterocycles. The van der Waals surface area contributed by atoms with Crippen molar-refractivity contribution in [2.75, 3.05) is 24.2 Å². The predicted octanol–water partition coefficient (Wildman–Crippen LogP) is 7.08. The number of alkyl halides is 3. The molecule has 1 aliphatic carbocycles. The van der Waals surface area contributed by atoms with Gasteiger partial charge in [0, 0.05) is 12.2 Å². The minimum absolute atomic E-state index is 0.128. The smallest absolute Gasteiger partial charge is 0.378 e. The van der Waals surface area contributed by atoms with Crippen LogP contribution in [0.25, 0.3) is 0 Å². The topological polar surface area (TPSA) is 24.1 Å². The molecule has 4 atom stereocenters. The van der Waals surface area contributed by atoms with Gasteiger partial charge in [0.1, 0.15) is 0 Å². The van der Waals surface area contributed by atoms with Crippen LogP contribution in [-0.4, -0.2) is 18.8 Å². The third-order valence-electron chi connectivity index (χ3n) is 6.41. The first-order valence-corrected chi connectivity index (χ1v) is 12.0. The molecule has 174 valence electrons. The number of thiol groups is 1. The Kier molecular flexibility index (Phi) is 8.72. The molecular weight excluding hydrogens is 429 g/mol. The van der Waals surface area contributed by atoms with E-state index in [9.17, 15) is 13.2 Å². The van der Waals surface area contributed by atoms with Crippen molar-refractivity contribution < 1.29 is 13.2 Å². The van der Waals surface area contributed by atoms with Gasteiger partial charge in [0.05, 0.1) is 11.6 Å². The fourth-order valence-electron chi connectivity index (χ4n) is 5.06. The van der Waals surface area contributed by atoms with Crippen molar-refractivity contribution in [3.8, 4) is 0 Å². The Morgan fingerprint density at radius 2 is 1.88 bits per heavy atom. The average molecular weight is 463 g/mol. The third-order valence-corrected chi connectivity index (χ3v) is 6.41. The molecule has 2 aromatic carbocycles. The summed E-state index contributed by atoms with van der Waals surface area (Å²) in [5.41, 5.74) is 2.32. The van der Waals surface area contributed by atoms with E-state index in [-0.39, 0.29) is 12.0 Å². The van der Waals surface area contributed by atoms with E-state index in [4.69, 9.17) is 0 Å². The van der Waals surface area contributed by atoms with Gasteiger partial charge in [-0.1, -0.05) is 43.3 Å². The molecule has 1 aliphatic heterocycles.